The number of allylic oxidation sites excluding steroid dienone is 1. The van der Waals surface area contributed by atoms with Crippen molar-refractivity contribution in [3.8, 4) is 17.1 Å². The Balaban J connectivity index is 1.74. The number of aryl methyl sites for hydroxylation is 1. The molecule has 3 rings (SSSR count). The van der Waals surface area contributed by atoms with Gasteiger partial charge in [0.25, 0.3) is 0 Å². The van der Waals surface area contributed by atoms with Crippen molar-refractivity contribution in [2.45, 2.75) is 65.2 Å². The van der Waals surface area contributed by atoms with Crippen LogP contribution in [0.3, 0.4) is 0 Å². The van der Waals surface area contributed by atoms with Gasteiger partial charge in [-0.2, -0.15) is 0 Å². The largest absolute Gasteiger partial charge is 0.491 e. The molecular weight excluding hydrogens is 426 g/mol. The Morgan fingerprint density at radius 1 is 0.971 bits per heavy atom. The van der Waals surface area contributed by atoms with Crippen LogP contribution in [0.5, 0.6) is 5.75 Å². The highest BCUT2D eigenvalue weighted by Gasteiger charge is 2.25. The molecule has 0 aliphatic carbocycles. The van der Waals surface area contributed by atoms with Crippen LogP contribution in [0.25, 0.3) is 23.5 Å². The second-order valence-corrected chi connectivity index (χ2v) is 8.62. The normalized spacial score (nSPS) is 12.4. The molecule has 34 heavy (non-hydrogen) atoms. The maximum absolute atomic E-state index is 12.1. The van der Waals surface area contributed by atoms with Gasteiger partial charge in [-0.15, -0.1) is 6.58 Å². The second-order valence-electron chi connectivity index (χ2n) is 8.62. The minimum Gasteiger partial charge on any atom is -0.491 e. The number of rotatable bonds is 14. The lowest BCUT2D eigenvalue weighted by molar-refractivity contribution is 0.0694. The number of hydrogen-bond acceptors (Lipinski definition) is 2. The SMILES string of the molecule is C=CCCCCCCCCC=c1ccc(=Cc2[nH]c(-c3ccc(C)[nH]3)c(C(=O)O)c2OCC)[nH]1. The lowest BCUT2D eigenvalue weighted by Crippen LogP contribution is -2.09. The first kappa shape index (κ1) is 25.2. The van der Waals surface area contributed by atoms with Crippen LogP contribution in [0.2, 0.25) is 0 Å². The first-order valence-electron chi connectivity index (χ1n) is 12.3. The maximum atomic E-state index is 12.1. The number of H-pyrrole nitrogens is 3. The summed E-state index contributed by atoms with van der Waals surface area (Å²) in [7, 11) is 0. The lowest BCUT2D eigenvalue weighted by Gasteiger charge is -2.04. The molecule has 0 aromatic carbocycles. The molecule has 6 heteroatoms. The van der Waals surface area contributed by atoms with E-state index in [0.717, 1.165) is 34.9 Å². The zero-order chi connectivity index (χ0) is 24.3. The molecule has 0 aliphatic heterocycles. The molecule has 182 valence electrons. The van der Waals surface area contributed by atoms with Gasteiger partial charge in [0.15, 0.2) is 5.75 Å². The summed E-state index contributed by atoms with van der Waals surface area (Å²) in [6.45, 7) is 7.93. The summed E-state index contributed by atoms with van der Waals surface area (Å²) in [5.41, 5.74) is 2.96. The van der Waals surface area contributed by atoms with Crippen molar-refractivity contribution in [2.75, 3.05) is 6.61 Å². The maximum Gasteiger partial charge on any atom is 0.341 e. The zero-order valence-electron chi connectivity index (χ0n) is 20.4. The standard InChI is InChI=1S/C28H37N3O3/c1-4-6-7-8-9-10-11-12-13-14-21-16-17-22(30-21)19-24-27(34-5-2)25(28(32)33)26(31-24)23-18-15-20(3)29-23/h4,14-19,29-31H,1,5-13H2,2-3H3,(H,32,33). The molecule has 0 atom stereocenters. The molecule has 3 aromatic heterocycles. The molecule has 0 saturated heterocycles. The molecule has 3 heterocycles. The fourth-order valence-electron chi connectivity index (χ4n) is 4.14. The number of aromatic carboxylic acids is 1. The number of carboxylic acid groups (broad SMARTS) is 1. The summed E-state index contributed by atoms with van der Waals surface area (Å²) >= 11 is 0. The van der Waals surface area contributed by atoms with E-state index in [0.29, 0.717) is 23.7 Å². The number of carboxylic acids is 1. The van der Waals surface area contributed by atoms with Gasteiger partial charge >= 0.3 is 5.97 Å². The molecule has 0 saturated carbocycles. The van der Waals surface area contributed by atoms with Crippen molar-refractivity contribution in [1.29, 1.82) is 0 Å². The van der Waals surface area contributed by atoms with E-state index in [1.807, 2.05) is 44.2 Å². The number of aromatic nitrogens is 3. The predicted octanol–water partition coefficient (Wildman–Crippen LogP) is 5.66. The monoisotopic (exact) mass is 463 g/mol. The molecule has 6 nitrogen and oxygen atoms in total. The van der Waals surface area contributed by atoms with E-state index in [4.69, 9.17) is 4.74 Å². The van der Waals surface area contributed by atoms with Crippen LogP contribution in [0, 0.1) is 6.92 Å². The highest BCUT2D eigenvalue weighted by molar-refractivity contribution is 5.99. The third-order valence-electron chi connectivity index (χ3n) is 5.84. The van der Waals surface area contributed by atoms with Crippen LogP contribution in [0.15, 0.2) is 36.9 Å². The Morgan fingerprint density at radius 2 is 1.68 bits per heavy atom. The predicted molar refractivity (Wildman–Crippen MR) is 139 cm³/mol. The van der Waals surface area contributed by atoms with Gasteiger partial charge in [0.2, 0.25) is 0 Å². The number of unbranched alkanes of at least 4 members (excludes halogenated alkanes) is 7. The van der Waals surface area contributed by atoms with E-state index in [2.05, 4.69) is 33.7 Å². The third kappa shape index (κ3) is 6.80. The molecule has 0 fully saturated rings. The summed E-state index contributed by atoms with van der Waals surface area (Å²) in [6, 6.07) is 7.84. The van der Waals surface area contributed by atoms with E-state index in [1.54, 1.807) is 0 Å². The number of aromatic amines is 3. The van der Waals surface area contributed by atoms with Crippen LogP contribution in [-0.4, -0.2) is 32.6 Å². The molecule has 0 amide bonds. The zero-order valence-corrected chi connectivity index (χ0v) is 20.4. The van der Waals surface area contributed by atoms with E-state index < -0.39 is 5.97 Å². The molecule has 0 bridgehead atoms. The third-order valence-corrected chi connectivity index (χ3v) is 5.84. The van der Waals surface area contributed by atoms with Crippen molar-refractivity contribution in [3.63, 3.8) is 0 Å². The van der Waals surface area contributed by atoms with Crippen LogP contribution >= 0.6 is 0 Å². The molecule has 4 N–H and O–H groups in total. The summed E-state index contributed by atoms with van der Waals surface area (Å²) in [5, 5.41) is 11.9. The Morgan fingerprint density at radius 3 is 2.32 bits per heavy atom. The molecule has 0 aliphatic rings. The van der Waals surface area contributed by atoms with Crippen LogP contribution in [0.1, 0.15) is 80.0 Å². The number of ether oxygens (including phenoxy) is 1. The van der Waals surface area contributed by atoms with Gasteiger partial charge in [0.1, 0.15) is 5.56 Å². The van der Waals surface area contributed by atoms with Crippen molar-refractivity contribution in [2.24, 2.45) is 0 Å². The van der Waals surface area contributed by atoms with Crippen molar-refractivity contribution >= 4 is 18.1 Å². The highest BCUT2D eigenvalue weighted by atomic mass is 16.5. The summed E-state index contributed by atoms with van der Waals surface area (Å²) < 4.78 is 5.77. The average molecular weight is 464 g/mol. The lowest BCUT2D eigenvalue weighted by atomic mass is 10.1. The minimum absolute atomic E-state index is 0.137. The van der Waals surface area contributed by atoms with Gasteiger partial charge in [-0.05, 0) is 69.9 Å². The summed E-state index contributed by atoms with van der Waals surface area (Å²) in [4.78, 5) is 22.0. The molecular formula is C28H37N3O3. The molecule has 3 aromatic rings. The highest BCUT2D eigenvalue weighted by Crippen LogP contribution is 2.34. The van der Waals surface area contributed by atoms with Gasteiger partial charge in [-0.25, -0.2) is 4.79 Å². The van der Waals surface area contributed by atoms with Gasteiger partial charge in [0.05, 0.1) is 23.7 Å². The smallest absolute Gasteiger partial charge is 0.341 e. The van der Waals surface area contributed by atoms with Gasteiger partial charge in [0, 0.05) is 16.4 Å². The van der Waals surface area contributed by atoms with Crippen molar-refractivity contribution < 1.29 is 14.6 Å². The van der Waals surface area contributed by atoms with Gasteiger partial charge in [-0.1, -0.05) is 37.8 Å². The van der Waals surface area contributed by atoms with Crippen LogP contribution in [0.4, 0.5) is 0 Å². The Bertz CT molecular complexity index is 1200. The minimum atomic E-state index is -1.03. The quantitative estimate of drug-likeness (QED) is 0.184. The van der Waals surface area contributed by atoms with E-state index >= 15 is 0 Å². The Labute approximate surface area is 201 Å². The van der Waals surface area contributed by atoms with Gasteiger partial charge < -0.3 is 24.8 Å². The van der Waals surface area contributed by atoms with E-state index in [9.17, 15) is 9.90 Å². The first-order chi connectivity index (χ1) is 16.5. The van der Waals surface area contributed by atoms with Crippen LogP contribution in [-0.2, 0) is 0 Å². The second kappa shape index (κ2) is 12.7. The Hall–Kier alpha value is -3.41. The molecule has 0 radical (unpaired) electrons. The number of carbonyl (C=O) groups is 1. The number of hydrogen-bond donors (Lipinski definition) is 4. The Kier molecular flexibility index (Phi) is 9.44. The fraction of sp³-hybridized carbons (Fsp3) is 0.393. The van der Waals surface area contributed by atoms with Gasteiger partial charge in [-0.3, -0.25) is 0 Å². The molecule has 0 unspecified atom stereocenters. The fourth-order valence-corrected chi connectivity index (χ4v) is 4.14. The average Bonchev–Trinajstić information content (AvgIpc) is 3.52. The van der Waals surface area contributed by atoms with Crippen LogP contribution < -0.4 is 15.4 Å². The molecule has 0 spiro atoms. The summed E-state index contributed by atoms with van der Waals surface area (Å²) in [6.07, 6.45) is 15.9. The number of nitrogens with one attached hydrogen (secondary N) is 3. The summed E-state index contributed by atoms with van der Waals surface area (Å²) in [5.74, 6) is -0.673. The van der Waals surface area contributed by atoms with E-state index in [1.165, 1.54) is 38.5 Å². The first-order valence-corrected chi connectivity index (χ1v) is 12.3. The van der Waals surface area contributed by atoms with Crippen molar-refractivity contribution in [3.05, 3.63) is 64.6 Å². The topological polar surface area (TPSA) is 93.9 Å². The van der Waals surface area contributed by atoms with Crippen molar-refractivity contribution in [1.82, 2.24) is 15.0 Å². The van der Waals surface area contributed by atoms with E-state index in [-0.39, 0.29) is 5.56 Å².